The monoisotopic (exact) mass is 334 g/mol. The van der Waals surface area contributed by atoms with Gasteiger partial charge in [0, 0.05) is 12.6 Å². The zero-order valence-electron chi connectivity index (χ0n) is 13.5. The highest BCUT2D eigenvalue weighted by Crippen LogP contribution is 2.34. The van der Waals surface area contributed by atoms with E-state index in [9.17, 15) is 4.79 Å². The summed E-state index contributed by atoms with van der Waals surface area (Å²) in [5.41, 5.74) is 6.73. The molecule has 3 rings (SSSR count). The van der Waals surface area contributed by atoms with E-state index in [2.05, 4.69) is 5.32 Å². The summed E-state index contributed by atoms with van der Waals surface area (Å²) in [6.07, 6.45) is 7.37. The average Bonchev–Trinajstić information content (AvgIpc) is 2.77. The van der Waals surface area contributed by atoms with E-state index in [0.717, 1.165) is 36.3 Å². The third kappa shape index (κ3) is 4.42. The summed E-state index contributed by atoms with van der Waals surface area (Å²) in [7, 11) is 0. The van der Waals surface area contributed by atoms with Gasteiger partial charge in [-0.15, -0.1) is 11.8 Å². The molecule has 1 saturated heterocycles. The first-order valence-electron chi connectivity index (χ1n) is 8.65. The van der Waals surface area contributed by atoms with Crippen LogP contribution in [0.1, 0.15) is 49.3 Å². The van der Waals surface area contributed by atoms with Gasteiger partial charge in [-0.1, -0.05) is 18.6 Å². The van der Waals surface area contributed by atoms with E-state index in [1.54, 1.807) is 11.8 Å². The standard InChI is InChI=1S/C18H26N2O2S/c19-12-14-9-10-23-17(18(21)20-14)13-5-4-8-16(11-13)22-15-6-2-1-3-7-15/h4-5,8,11,14-15,17H,1-3,6-7,9-10,12,19H2,(H,20,21)/t14-,17+/m0/s1. The lowest BCUT2D eigenvalue weighted by Crippen LogP contribution is -2.40. The molecule has 0 bridgehead atoms. The first-order chi connectivity index (χ1) is 11.3. The first kappa shape index (κ1) is 16.7. The number of nitrogens with one attached hydrogen (secondary N) is 1. The highest BCUT2D eigenvalue weighted by atomic mass is 32.2. The van der Waals surface area contributed by atoms with Gasteiger partial charge in [-0.3, -0.25) is 4.79 Å². The predicted octanol–water partition coefficient (Wildman–Crippen LogP) is 3.02. The second-order valence-corrected chi connectivity index (χ2v) is 7.64. The van der Waals surface area contributed by atoms with Crippen molar-refractivity contribution in [2.24, 2.45) is 5.73 Å². The van der Waals surface area contributed by atoms with Crippen LogP contribution in [0, 0.1) is 0 Å². The molecule has 3 N–H and O–H groups in total. The van der Waals surface area contributed by atoms with E-state index in [-0.39, 0.29) is 17.2 Å². The van der Waals surface area contributed by atoms with Crippen molar-refractivity contribution in [3.05, 3.63) is 29.8 Å². The maximum absolute atomic E-state index is 12.5. The third-order valence-electron chi connectivity index (χ3n) is 4.64. The zero-order chi connectivity index (χ0) is 16.1. The van der Waals surface area contributed by atoms with Crippen molar-refractivity contribution in [2.45, 2.75) is 55.9 Å². The van der Waals surface area contributed by atoms with Crippen LogP contribution >= 0.6 is 11.8 Å². The molecule has 1 heterocycles. The molecule has 1 aromatic carbocycles. The Balaban J connectivity index is 1.69. The minimum atomic E-state index is -0.165. The molecular formula is C18H26N2O2S. The topological polar surface area (TPSA) is 64.3 Å². The van der Waals surface area contributed by atoms with Gasteiger partial charge in [0.25, 0.3) is 0 Å². The quantitative estimate of drug-likeness (QED) is 0.888. The molecule has 2 fully saturated rings. The van der Waals surface area contributed by atoms with Gasteiger partial charge < -0.3 is 15.8 Å². The molecule has 2 aliphatic rings. The number of amides is 1. The summed E-state index contributed by atoms with van der Waals surface area (Å²) in [4.78, 5) is 12.5. The summed E-state index contributed by atoms with van der Waals surface area (Å²) in [5, 5.41) is 2.89. The molecule has 1 aliphatic heterocycles. The normalized spacial score (nSPS) is 26.4. The van der Waals surface area contributed by atoms with Crippen LogP contribution in [0.5, 0.6) is 5.75 Å². The van der Waals surface area contributed by atoms with Crippen LogP contribution in [0.15, 0.2) is 24.3 Å². The lowest BCUT2D eigenvalue weighted by Gasteiger charge is -2.23. The van der Waals surface area contributed by atoms with Gasteiger partial charge in [-0.05, 0) is 55.6 Å². The van der Waals surface area contributed by atoms with Crippen LogP contribution in [0.2, 0.25) is 0 Å². The Labute approximate surface area is 142 Å². The smallest absolute Gasteiger partial charge is 0.237 e. The van der Waals surface area contributed by atoms with E-state index >= 15 is 0 Å². The largest absolute Gasteiger partial charge is 0.490 e. The minimum Gasteiger partial charge on any atom is -0.490 e. The van der Waals surface area contributed by atoms with Gasteiger partial charge >= 0.3 is 0 Å². The Bertz CT molecular complexity index is 532. The third-order valence-corrected chi connectivity index (χ3v) is 5.93. The maximum Gasteiger partial charge on any atom is 0.237 e. The molecule has 0 aromatic heterocycles. The Kier molecular flexibility index (Phi) is 5.84. The van der Waals surface area contributed by atoms with Gasteiger partial charge in [-0.25, -0.2) is 0 Å². The fourth-order valence-electron chi connectivity index (χ4n) is 3.30. The van der Waals surface area contributed by atoms with Gasteiger partial charge in [0.1, 0.15) is 11.0 Å². The van der Waals surface area contributed by atoms with Crippen LogP contribution < -0.4 is 15.8 Å². The van der Waals surface area contributed by atoms with Gasteiger partial charge in [-0.2, -0.15) is 0 Å². The average molecular weight is 334 g/mol. The molecular weight excluding hydrogens is 308 g/mol. The summed E-state index contributed by atoms with van der Waals surface area (Å²) in [6.45, 7) is 0.504. The van der Waals surface area contributed by atoms with Gasteiger partial charge in [0.15, 0.2) is 0 Å². The van der Waals surface area contributed by atoms with Crippen LogP contribution in [-0.4, -0.2) is 30.4 Å². The minimum absolute atomic E-state index is 0.0674. The van der Waals surface area contributed by atoms with E-state index in [1.165, 1.54) is 19.3 Å². The number of thioether (sulfide) groups is 1. The van der Waals surface area contributed by atoms with E-state index in [4.69, 9.17) is 10.5 Å². The molecule has 0 radical (unpaired) electrons. The fourth-order valence-corrected chi connectivity index (χ4v) is 4.52. The number of carbonyl (C=O) groups is 1. The van der Waals surface area contributed by atoms with E-state index in [1.807, 2.05) is 24.3 Å². The van der Waals surface area contributed by atoms with Gasteiger partial charge in [0.2, 0.25) is 5.91 Å². The summed E-state index contributed by atoms with van der Waals surface area (Å²) in [5.74, 6) is 1.90. The highest BCUT2D eigenvalue weighted by molar-refractivity contribution is 8.00. The van der Waals surface area contributed by atoms with Gasteiger partial charge in [0.05, 0.1) is 6.10 Å². The highest BCUT2D eigenvalue weighted by Gasteiger charge is 2.27. The molecule has 4 nitrogen and oxygen atoms in total. The number of benzene rings is 1. The second kappa shape index (κ2) is 8.06. The fraction of sp³-hybridized carbons (Fsp3) is 0.611. The molecule has 1 amide bonds. The number of rotatable bonds is 4. The van der Waals surface area contributed by atoms with Crippen molar-refractivity contribution in [2.75, 3.05) is 12.3 Å². The second-order valence-electron chi connectivity index (χ2n) is 6.43. The first-order valence-corrected chi connectivity index (χ1v) is 9.70. The number of nitrogens with two attached hydrogens (primary N) is 1. The molecule has 0 spiro atoms. The Morgan fingerprint density at radius 2 is 2.04 bits per heavy atom. The van der Waals surface area contributed by atoms with Crippen molar-refractivity contribution >= 4 is 17.7 Å². The van der Waals surface area contributed by atoms with Crippen LogP contribution in [0.25, 0.3) is 0 Å². The Morgan fingerprint density at radius 3 is 2.83 bits per heavy atom. The Hall–Kier alpha value is -1.20. The predicted molar refractivity (Wildman–Crippen MR) is 94.7 cm³/mol. The lowest BCUT2D eigenvalue weighted by atomic mass is 9.98. The number of hydrogen-bond donors (Lipinski definition) is 2. The number of carbonyl (C=O) groups excluding carboxylic acids is 1. The van der Waals surface area contributed by atoms with Crippen molar-refractivity contribution in [1.82, 2.24) is 5.32 Å². The van der Waals surface area contributed by atoms with Crippen LogP contribution in [-0.2, 0) is 4.79 Å². The number of ether oxygens (including phenoxy) is 1. The SMILES string of the molecule is NC[C@@H]1CCS[C@H](c2cccc(OC3CCCCC3)c2)C(=O)N1. The lowest BCUT2D eigenvalue weighted by molar-refractivity contribution is -0.121. The number of hydrogen-bond acceptors (Lipinski definition) is 4. The van der Waals surface area contributed by atoms with E-state index < -0.39 is 0 Å². The molecule has 0 unspecified atom stereocenters. The zero-order valence-corrected chi connectivity index (χ0v) is 14.3. The van der Waals surface area contributed by atoms with Crippen molar-refractivity contribution in [1.29, 1.82) is 0 Å². The molecule has 1 aromatic rings. The molecule has 5 heteroatoms. The molecule has 2 atom stereocenters. The van der Waals surface area contributed by atoms with Crippen molar-refractivity contribution < 1.29 is 9.53 Å². The van der Waals surface area contributed by atoms with E-state index in [0.29, 0.717) is 12.6 Å². The summed E-state index contributed by atoms with van der Waals surface area (Å²) >= 11 is 1.70. The summed E-state index contributed by atoms with van der Waals surface area (Å²) < 4.78 is 6.13. The molecule has 126 valence electrons. The molecule has 23 heavy (non-hydrogen) atoms. The maximum atomic E-state index is 12.5. The Morgan fingerprint density at radius 1 is 1.22 bits per heavy atom. The molecule has 1 saturated carbocycles. The van der Waals surface area contributed by atoms with Crippen LogP contribution in [0.4, 0.5) is 0 Å². The molecule has 1 aliphatic carbocycles. The van der Waals surface area contributed by atoms with Crippen molar-refractivity contribution in [3.63, 3.8) is 0 Å². The summed E-state index contributed by atoms with van der Waals surface area (Å²) in [6, 6.07) is 8.15. The van der Waals surface area contributed by atoms with Crippen molar-refractivity contribution in [3.8, 4) is 5.75 Å². The van der Waals surface area contributed by atoms with Crippen LogP contribution in [0.3, 0.4) is 0 Å².